The Balaban J connectivity index is 2.05. The van der Waals surface area contributed by atoms with Crippen molar-refractivity contribution in [3.8, 4) is 0 Å². The van der Waals surface area contributed by atoms with Gasteiger partial charge in [0.25, 0.3) is 5.91 Å². The quantitative estimate of drug-likeness (QED) is 0.830. The van der Waals surface area contributed by atoms with Gasteiger partial charge in [0, 0.05) is 31.0 Å². The van der Waals surface area contributed by atoms with Crippen molar-refractivity contribution in [3.63, 3.8) is 0 Å². The molecule has 1 amide bonds. The maximum absolute atomic E-state index is 13.3. The van der Waals surface area contributed by atoms with Gasteiger partial charge in [0.15, 0.2) is 0 Å². The van der Waals surface area contributed by atoms with E-state index in [2.05, 4.69) is 15.4 Å². The Labute approximate surface area is 104 Å². The van der Waals surface area contributed by atoms with Crippen LogP contribution < -0.4 is 5.32 Å². The summed E-state index contributed by atoms with van der Waals surface area (Å²) in [5, 5.41) is 6.70. The third-order valence-electron chi connectivity index (χ3n) is 2.78. The molecule has 2 aromatic heterocycles. The monoisotopic (exact) mass is 248 g/mol. The predicted octanol–water partition coefficient (Wildman–Crippen LogP) is 1.19. The lowest BCUT2D eigenvalue weighted by Crippen LogP contribution is -2.24. The van der Waals surface area contributed by atoms with Crippen LogP contribution in [0.4, 0.5) is 4.39 Å². The van der Waals surface area contributed by atoms with Crippen molar-refractivity contribution < 1.29 is 9.18 Å². The Morgan fingerprint density at radius 3 is 2.94 bits per heavy atom. The van der Waals surface area contributed by atoms with Crippen LogP contribution in [0, 0.1) is 12.9 Å². The van der Waals surface area contributed by atoms with Gasteiger partial charge < -0.3 is 5.32 Å². The van der Waals surface area contributed by atoms with Gasteiger partial charge in [-0.2, -0.15) is 9.49 Å². The Morgan fingerprint density at radius 1 is 1.56 bits per heavy atom. The van der Waals surface area contributed by atoms with Gasteiger partial charge in [-0.15, -0.1) is 0 Å². The topological polar surface area (TPSA) is 59.8 Å². The van der Waals surface area contributed by atoms with Gasteiger partial charge in [0.1, 0.15) is 0 Å². The van der Waals surface area contributed by atoms with Crippen LogP contribution in [0.1, 0.15) is 21.6 Å². The van der Waals surface area contributed by atoms with E-state index >= 15 is 0 Å². The largest absolute Gasteiger partial charge is 0.348 e. The van der Waals surface area contributed by atoms with Crippen molar-refractivity contribution in [1.29, 1.82) is 0 Å². The first-order chi connectivity index (χ1) is 8.59. The number of aryl methyl sites for hydroxylation is 1. The van der Waals surface area contributed by atoms with E-state index in [4.69, 9.17) is 0 Å². The number of nitrogens with one attached hydrogen (secondary N) is 1. The van der Waals surface area contributed by atoms with Crippen LogP contribution in [0.3, 0.4) is 0 Å². The van der Waals surface area contributed by atoms with Crippen LogP contribution in [-0.2, 0) is 13.6 Å². The molecule has 0 fully saturated rings. The summed E-state index contributed by atoms with van der Waals surface area (Å²) in [5.41, 5.74) is 1.80. The minimum absolute atomic E-state index is 0.0564. The van der Waals surface area contributed by atoms with Crippen LogP contribution >= 0.6 is 0 Å². The fraction of sp³-hybridized carbons (Fsp3) is 0.250. The normalized spacial score (nSPS) is 10.4. The number of carbonyl (C=O) groups is 1. The molecule has 94 valence electrons. The van der Waals surface area contributed by atoms with Gasteiger partial charge in [0.2, 0.25) is 5.95 Å². The van der Waals surface area contributed by atoms with Gasteiger partial charge in [0.05, 0.1) is 11.8 Å². The standard InChI is InChI=1S/C12H13FN4O/c1-8-9(7-16-17(8)2)6-15-12(18)10-4-3-5-14-11(10)13/h3-5,7H,6H2,1-2H3,(H,15,18). The molecule has 0 spiro atoms. The van der Waals surface area contributed by atoms with Gasteiger partial charge in [-0.1, -0.05) is 0 Å². The number of rotatable bonds is 3. The molecule has 0 saturated carbocycles. The van der Waals surface area contributed by atoms with E-state index in [1.54, 1.807) is 10.9 Å². The smallest absolute Gasteiger partial charge is 0.256 e. The molecule has 0 aromatic carbocycles. The summed E-state index contributed by atoms with van der Waals surface area (Å²) in [6.07, 6.45) is 2.98. The zero-order valence-electron chi connectivity index (χ0n) is 10.1. The number of carbonyl (C=O) groups excluding carboxylic acids is 1. The molecular formula is C12H13FN4O. The minimum Gasteiger partial charge on any atom is -0.348 e. The van der Waals surface area contributed by atoms with E-state index < -0.39 is 11.9 Å². The molecule has 5 nitrogen and oxygen atoms in total. The Morgan fingerprint density at radius 2 is 2.33 bits per heavy atom. The summed E-state index contributed by atoms with van der Waals surface area (Å²) in [4.78, 5) is 15.2. The molecule has 2 heterocycles. The van der Waals surface area contributed by atoms with E-state index in [-0.39, 0.29) is 5.56 Å². The summed E-state index contributed by atoms with van der Waals surface area (Å²) in [6, 6.07) is 2.92. The number of halogens is 1. The number of amides is 1. The van der Waals surface area contributed by atoms with Crippen molar-refractivity contribution in [2.45, 2.75) is 13.5 Å². The first kappa shape index (κ1) is 12.2. The highest BCUT2D eigenvalue weighted by Gasteiger charge is 2.12. The second-order valence-electron chi connectivity index (χ2n) is 3.90. The fourth-order valence-electron chi connectivity index (χ4n) is 1.54. The van der Waals surface area contributed by atoms with Crippen LogP contribution in [0.25, 0.3) is 0 Å². The first-order valence-electron chi connectivity index (χ1n) is 5.46. The molecule has 2 aromatic rings. The average molecular weight is 248 g/mol. The molecule has 1 N–H and O–H groups in total. The number of nitrogens with zero attached hydrogens (tertiary/aromatic N) is 3. The number of pyridine rings is 1. The summed E-state index contributed by atoms with van der Waals surface area (Å²) in [6.45, 7) is 2.21. The zero-order valence-corrected chi connectivity index (χ0v) is 10.1. The lowest BCUT2D eigenvalue weighted by atomic mass is 10.2. The summed E-state index contributed by atoms with van der Waals surface area (Å²) in [5.74, 6) is -1.25. The van der Waals surface area contributed by atoms with E-state index in [1.807, 2.05) is 14.0 Å². The predicted molar refractivity (Wildman–Crippen MR) is 63.3 cm³/mol. The fourth-order valence-corrected chi connectivity index (χ4v) is 1.54. The molecule has 0 aliphatic heterocycles. The van der Waals surface area contributed by atoms with Gasteiger partial charge in [-0.05, 0) is 19.1 Å². The molecule has 0 atom stereocenters. The van der Waals surface area contributed by atoms with Crippen LogP contribution in [0.2, 0.25) is 0 Å². The van der Waals surface area contributed by atoms with Gasteiger partial charge in [-0.3, -0.25) is 9.48 Å². The van der Waals surface area contributed by atoms with E-state index in [1.165, 1.54) is 18.3 Å². The average Bonchev–Trinajstić information content (AvgIpc) is 2.68. The lowest BCUT2D eigenvalue weighted by Gasteiger charge is -2.05. The van der Waals surface area contributed by atoms with Crippen LogP contribution in [-0.4, -0.2) is 20.7 Å². The Kier molecular flexibility index (Phi) is 3.36. The van der Waals surface area contributed by atoms with Crippen molar-refractivity contribution in [2.24, 2.45) is 7.05 Å². The molecular weight excluding hydrogens is 235 g/mol. The molecule has 0 unspecified atom stereocenters. The molecule has 2 rings (SSSR count). The maximum Gasteiger partial charge on any atom is 0.256 e. The molecule has 0 aliphatic rings. The van der Waals surface area contributed by atoms with Crippen molar-refractivity contribution in [2.75, 3.05) is 0 Å². The first-order valence-corrected chi connectivity index (χ1v) is 5.46. The maximum atomic E-state index is 13.3. The molecule has 0 bridgehead atoms. The highest BCUT2D eigenvalue weighted by atomic mass is 19.1. The second kappa shape index (κ2) is 4.95. The number of hydrogen-bond donors (Lipinski definition) is 1. The molecule has 18 heavy (non-hydrogen) atoms. The van der Waals surface area contributed by atoms with Gasteiger partial charge in [-0.25, -0.2) is 4.98 Å². The molecule has 0 saturated heterocycles. The molecule has 6 heteroatoms. The summed E-state index contributed by atoms with van der Waals surface area (Å²) in [7, 11) is 1.82. The highest BCUT2D eigenvalue weighted by molar-refractivity contribution is 5.94. The third kappa shape index (κ3) is 2.37. The number of hydrogen-bond acceptors (Lipinski definition) is 3. The van der Waals surface area contributed by atoms with Crippen molar-refractivity contribution in [3.05, 3.63) is 47.3 Å². The number of aromatic nitrogens is 3. The summed E-state index contributed by atoms with van der Waals surface area (Å²) >= 11 is 0. The van der Waals surface area contributed by atoms with Crippen LogP contribution in [0.5, 0.6) is 0 Å². The zero-order chi connectivity index (χ0) is 13.1. The summed E-state index contributed by atoms with van der Waals surface area (Å²) < 4.78 is 15.0. The molecule has 0 aliphatic carbocycles. The van der Waals surface area contributed by atoms with E-state index in [0.717, 1.165) is 11.3 Å². The Hall–Kier alpha value is -2.24. The second-order valence-corrected chi connectivity index (χ2v) is 3.90. The van der Waals surface area contributed by atoms with Gasteiger partial charge >= 0.3 is 0 Å². The third-order valence-corrected chi connectivity index (χ3v) is 2.78. The minimum atomic E-state index is -0.766. The lowest BCUT2D eigenvalue weighted by molar-refractivity contribution is 0.0946. The highest BCUT2D eigenvalue weighted by Crippen LogP contribution is 2.07. The molecule has 0 radical (unpaired) electrons. The van der Waals surface area contributed by atoms with Crippen molar-refractivity contribution in [1.82, 2.24) is 20.1 Å². The van der Waals surface area contributed by atoms with E-state index in [0.29, 0.717) is 6.54 Å². The van der Waals surface area contributed by atoms with Crippen LogP contribution in [0.15, 0.2) is 24.5 Å². The Bertz CT molecular complexity index is 579. The SMILES string of the molecule is Cc1c(CNC(=O)c2cccnc2F)cnn1C. The van der Waals surface area contributed by atoms with Crippen molar-refractivity contribution >= 4 is 5.91 Å². The van der Waals surface area contributed by atoms with E-state index in [9.17, 15) is 9.18 Å².